The molecule has 8 heavy (non-hydrogen) atoms. The fraction of sp³-hybridized carbons (Fsp3) is 0. The number of hydrogen-bond acceptors (Lipinski definition) is 1. The number of hydrogen-bond donors (Lipinski definition) is 1. The Balaban J connectivity index is 3.08. The van der Waals surface area contributed by atoms with Crippen LogP contribution in [0.15, 0.2) is 18.2 Å². The van der Waals surface area contributed by atoms with Gasteiger partial charge in [-0.05, 0) is 24.3 Å². The van der Waals surface area contributed by atoms with E-state index >= 15 is 0 Å². The lowest BCUT2D eigenvalue weighted by Crippen LogP contribution is -1.83. The monoisotopic (exact) mass is 110 g/mol. The minimum Gasteiger partial charge on any atom is -0.399 e. The Morgan fingerprint density at radius 1 is 1.50 bits per heavy atom. The summed E-state index contributed by atoms with van der Waals surface area (Å²) in [5, 5.41) is 0. The van der Waals surface area contributed by atoms with E-state index in [2.05, 4.69) is 6.07 Å². The van der Waals surface area contributed by atoms with Crippen LogP contribution in [0.4, 0.5) is 10.1 Å². The van der Waals surface area contributed by atoms with Crippen molar-refractivity contribution >= 4 is 5.69 Å². The van der Waals surface area contributed by atoms with Gasteiger partial charge in [-0.25, -0.2) is 4.39 Å². The molecule has 2 N–H and O–H groups in total. The lowest BCUT2D eigenvalue weighted by atomic mass is 10.3. The summed E-state index contributed by atoms with van der Waals surface area (Å²) in [4.78, 5) is 0. The molecule has 1 aromatic carbocycles. The third-order valence-corrected chi connectivity index (χ3v) is 0.776. The Labute approximate surface area is 46.9 Å². The summed E-state index contributed by atoms with van der Waals surface area (Å²) >= 11 is 0. The van der Waals surface area contributed by atoms with Crippen molar-refractivity contribution in [2.24, 2.45) is 0 Å². The highest BCUT2D eigenvalue weighted by Crippen LogP contribution is 2.01. The van der Waals surface area contributed by atoms with Crippen molar-refractivity contribution in [1.29, 1.82) is 0 Å². The van der Waals surface area contributed by atoms with E-state index in [0.717, 1.165) is 0 Å². The van der Waals surface area contributed by atoms with Gasteiger partial charge in [-0.3, -0.25) is 0 Å². The molecule has 0 aliphatic carbocycles. The molecule has 1 rings (SSSR count). The molecule has 0 atom stereocenters. The van der Waals surface area contributed by atoms with Gasteiger partial charge in [-0.1, -0.05) is 0 Å². The largest absolute Gasteiger partial charge is 0.399 e. The van der Waals surface area contributed by atoms with Crippen LogP contribution in [0.1, 0.15) is 0 Å². The zero-order valence-corrected chi connectivity index (χ0v) is 4.19. The van der Waals surface area contributed by atoms with Gasteiger partial charge in [0.2, 0.25) is 0 Å². The standard InChI is InChI=1S/C6H5FN/c7-5-2-1-3-6(8)4-5/h2-4H,8H2. The Kier molecular flexibility index (Phi) is 1.16. The zero-order valence-electron chi connectivity index (χ0n) is 4.19. The minimum atomic E-state index is -0.343. The van der Waals surface area contributed by atoms with Crippen LogP contribution in [0.2, 0.25) is 0 Å². The Hall–Kier alpha value is -1.05. The van der Waals surface area contributed by atoms with Crippen molar-refractivity contribution in [1.82, 2.24) is 0 Å². The van der Waals surface area contributed by atoms with Crippen molar-refractivity contribution in [3.8, 4) is 0 Å². The topological polar surface area (TPSA) is 26.0 Å². The molecule has 2 heteroatoms. The highest BCUT2D eigenvalue weighted by molar-refractivity contribution is 5.36. The molecular weight excluding hydrogens is 105 g/mol. The van der Waals surface area contributed by atoms with Gasteiger partial charge in [0.25, 0.3) is 0 Å². The molecule has 0 aliphatic heterocycles. The van der Waals surface area contributed by atoms with E-state index in [4.69, 9.17) is 5.73 Å². The average Bonchev–Trinajstić information content (AvgIpc) is 1.64. The number of anilines is 1. The number of halogens is 1. The van der Waals surface area contributed by atoms with Gasteiger partial charge in [0, 0.05) is 5.69 Å². The molecular formula is C6H5FN. The highest BCUT2D eigenvalue weighted by atomic mass is 19.1. The molecule has 1 nitrogen and oxygen atoms in total. The Morgan fingerprint density at radius 2 is 2.25 bits per heavy atom. The summed E-state index contributed by atoms with van der Waals surface area (Å²) in [7, 11) is 0. The number of rotatable bonds is 0. The quantitative estimate of drug-likeness (QED) is 0.499. The smallest absolute Gasteiger partial charge is 0.125 e. The Bertz CT molecular complexity index is 168. The molecule has 0 bridgehead atoms. The van der Waals surface area contributed by atoms with Gasteiger partial charge < -0.3 is 5.73 Å². The second-order valence-electron chi connectivity index (χ2n) is 1.48. The van der Waals surface area contributed by atoms with E-state index in [1.165, 1.54) is 18.2 Å². The van der Waals surface area contributed by atoms with E-state index in [-0.39, 0.29) is 5.82 Å². The molecule has 0 fully saturated rings. The van der Waals surface area contributed by atoms with E-state index in [1.54, 1.807) is 0 Å². The molecule has 0 heterocycles. The van der Waals surface area contributed by atoms with Crippen LogP contribution in [0, 0.1) is 11.9 Å². The van der Waals surface area contributed by atoms with Crippen molar-refractivity contribution in [2.75, 3.05) is 5.73 Å². The maximum atomic E-state index is 12.1. The SMILES string of the molecule is Nc1c[c]cc(F)c1. The van der Waals surface area contributed by atoms with Crippen molar-refractivity contribution in [3.05, 3.63) is 30.1 Å². The summed E-state index contributed by atoms with van der Waals surface area (Å²) < 4.78 is 12.1. The van der Waals surface area contributed by atoms with Gasteiger partial charge in [0.15, 0.2) is 0 Å². The Morgan fingerprint density at radius 3 is 2.62 bits per heavy atom. The molecule has 1 radical (unpaired) electrons. The van der Waals surface area contributed by atoms with Crippen LogP contribution in [-0.4, -0.2) is 0 Å². The molecule has 0 saturated carbocycles. The summed E-state index contributed by atoms with van der Waals surface area (Å²) in [6.45, 7) is 0. The van der Waals surface area contributed by atoms with Gasteiger partial charge in [0.05, 0.1) is 0 Å². The number of nitrogens with two attached hydrogens (primary N) is 1. The van der Waals surface area contributed by atoms with Gasteiger partial charge >= 0.3 is 0 Å². The first kappa shape index (κ1) is 5.09. The number of benzene rings is 1. The van der Waals surface area contributed by atoms with Crippen LogP contribution in [0.3, 0.4) is 0 Å². The first-order valence-corrected chi connectivity index (χ1v) is 2.21. The van der Waals surface area contributed by atoms with Crippen LogP contribution in [-0.2, 0) is 0 Å². The molecule has 0 aliphatic rings. The predicted molar refractivity (Wildman–Crippen MR) is 29.6 cm³/mol. The first-order chi connectivity index (χ1) is 3.79. The van der Waals surface area contributed by atoms with Crippen LogP contribution in [0.25, 0.3) is 0 Å². The second-order valence-corrected chi connectivity index (χ2v) is 1.48. The average molecular weight is 110 g/mol. The second kappa shape index (κ2) is 1.82. The number of nitrogen functional groups attached to an aromatic ring is 1. The molecule has 0 saturated heterocycles. The van der Waals surface area contributed by atoms with Gasteiger partial charge in [0.1, 0.15) is 5.82 Å². The highest BCUT2D eigenvalue weighted by Gasteiger charge is 1.85. The lowest BCUT2D eigenvalue weighted by Gasteiger charge is -1.87. The fourth-order valence-electron chi connectivity index (χ4n) is 0.460. The maximum Gasteiger partial charge on any atom is 0.125 e. The summed E-state index contributed by atoms with van der Waals surface area (Å²) in [5.41, 5.74) is 5.59. The molecule has 0 amide bonds. The van der Waals surface area contributed by atoms with E-state index in [9.17, 15) is 4.39 Å². The maximum absolute atomic E-state index is 12.1. The molecule has 1 aromatic rings. The van der Waals surface area contributed by atoms with Crippen molar-refractivity contribution < 1.29 is 4.39 Å². The normalized spacial score (nSPS) is 9.12. The van der Waals surface area contributed by atoms with Crippen LogP contribution < -0.4 is 5.73 Å². The van der Waals surface area contributed by atoms with Crippen molar-refractivity contribution in [2.45, 2.75) is 0 Å². The fourth-order valence-corrected chi connectivity index (χ4v) is 0.460. The lowest BCUT2D eigenvalue weighted by molar-refractivity contribution is 0.628. The molecule has 0 aromatic heterocycles. The first-order valence-electron chi connectivity index (χ1n) is 2.21. The van der Waals surface area contributed by atoms with Crippen molar-refractivity contribution in [3.63, 3.8) is 0 Å². The van der Waals surface area contributed by atoms with Crippen LogP contribution in [0.5, 0.6) is 0 Å². The summed E-state index contributed by atoms with van der Waals surface area (Å²) in [6.07, 6.45) is 0. The van der Waals surface area contributed by atoms with E-state index in [1.807, 2.05) is 0 Å². The van der Waals surface area contributed by atoms with E-state index < -0.39 is 0 Å². The molecule has 0 spiro atoms. The predicted octanol–water partition coefficient (Wildman–Crippen LogP) is 1.21. The van der Waals surface area contributed by atoms with Crippen LogP contribution >= 0.6 is 0 Å². The van der Waals surface area contributed by atoms with Gasteiger partial charge in [-0.15, -0.1) is 0 Å². The zero-order chi connectivity index (χ0) is 5.98. The molecule has 0 unspecified atom stereocenters. The summed E-state index contributed by atoms with van der Waals surface area (Å²) in [5.74, 6) is -0.343. The summed E-state index contributed by atoms with van der Waals surface area (Å²) in [6, 6.07) is 6.52. The third kappa shape index (κ3) is 0.964. The van der Waals surface area contributed by atoms with Gasteiger partial charge in [-0.2, -0.15) is 0 Å². The third-order valence-electron chi connectivity index (χ3n) is 0.776. The minimum absolute atomic E-state index is 0.343. The van der Waals surface area contributed by atoms with E-state index in [0.29, 0.717) is 5.69 Å². The molecule has 41 valence electrons.